The van der Waals surface area contributed by atoms with E-state index in [1.807, 2.05) is 25.5 Å². The SMILES string of the molecule is CCNc1cc(-c2cnn(C)c2)nc(N2CCCC2)n1. The summed E-state index contributed by atoms with van der Waals surface area (Å²) < 4.78 is 1.79. The Morgan fingerprint density at radius 1 is 1.25 bits per heavy atom. The van der Waals surface area contributed by atoms with E-state index in [1.165, 1.54) is 12.8 Å². The van der Waals surface area contributed by atoms with Gasteiger partial charge in [-0.3, -0.25) is 4.68 Å². The molecule has 1 N–H and O–H groups in total. The maximum Gasteiger partial charge on any atom is 0.227 e. The molecule has 0 saturated carbocycles. The summed E-state index contributed by atoms with van der Waals surface area (Å²) in [5.74, 6) is 1.70. The van der Waals surface area contributed by atoms with E-state index >= 15 is 0 Å². The molecule has 0 radical (unpaired) electrons. The number of hydrogen-bond donors (Lipinski definition) is 1. The first-order valence-corrected chi connectivity index (χ1v) is 7.13. The van der Waals surface area contributed by atoms with E-state index in [4.69, 9.17) is 4.98 Å². The van der Waals surface area contributed by atoms with Crippen LogP contribution in [0.5, 0.6) is 0 Å². The zero-order chi connectivity index (χ0) is 13.9. The lowest BCUT2D eigenvalue weighted by Crippen LogP contribution is -2.21. The van der Waals surface area contributed by atoms with E-state index in [2.05, 4.69) is 27.2 Å². The van der Waals surface area contributed by atoms with Crippen LogP contribution in [-0.2, 0) is 7.05 Å². The van der Waals surface area contributed by atoms with E-state index in [9.17, 15) is 0 Å². The molecule has 0 aliphatic carbocycles. The Bertz CT molecular complexity index is 585. The molecule has 0 bridgehead atoms. The molecule has 0 atom stereocenters. The Morgan fingerprint density at radius 2 is 2.05 bits per heavy atom. The largest absolute Gasteiger partial charge is 0.370 e. The van der Waals surface area contributed by atoms with Gasteiger partial charge in [0.1, 0.15) is 5.82 Å². The minimum absolute atomic E-state index is 0.819. The van der Waals surface area contributed by atoms with Crippen molar-refractivity contribution in [2.45, 2.75) is 19.8 Å². The third-order valence-corrected chi connectivity index (χ3v) is 3.46. The van der Waals surface area contributed by atoms with Crippen LogP contribution in [0.2, 0.25) is 0 Å². The average Bonchev–Trinajstić information content (AvgIpc) is 3.09. The van der Waals surface area contributed by atoms with E-state index in [0.29, 0.717) is 0 Å². The summed E-state index contributed by atoms with van der Waals surface area (Å²) in [5.41, 5.74) is 1.94. The van der Waals surface area contributed by atoms with Crippen molar-refractivity contribution in [2.75, 3.05) is 29.9 Å². The number of hydrogen-bond acceptors (Lipinski definition) is 5. The van der Waals surface area contributed by atoms with Crippen LogP contribution in [0.1, 0.15) is 19.8 Å². The monoisotopic (exact) mass is 272 g/mol. The highest BCUT2D eigenvalue weighted by atomic mass is 15.3. The van der Waals surface area contributed by atoms with Crippen molar-refractivity contribution in [3.63, 3.8) is 0 Å². The molecular formula is C14H20N6. The Hall–Kier alpha value is -2.11. The van der Waals surface area contributed by atoms with Crippen molar-refractivity contribution >= 4 is 11.8 Å². The fourth-order valence-electron chi connectivity index (χ4n) is 2.47. The van der Waals surface area contributed by atoms with E-state index in [0.717, 1.165) is 42.7 Å². The minimum Gasteiger partial charge on any atom is -0.370 e. The second-order valence-corrected chi connectivity index (χ2v) is 5.07. The molecule has 20 heavy (non-hydrogen) atoms. The number of anilines is 2. The lowest BCUT2D eigenvalue weighted by atomic mass is 10.2. The number of aryl methyl sites for hydroxylation is 1. The smallest absolute Gasteiger partial charge is 0.227 e. The third-order valence-electron chi connectivity index (χ3n) is 3.46. The lowest BCUT2D eigenvalue weighted by Gasteiger charge is -2.17. The highest BCUT2D eigenvalue weighted by Gasteiger charge is 2.17. The van der Waals surface area contributed by atoms with Gasteiger partial charge in [0.05, 0.1) is 11.9 Å². The summed E-state index contributed by atoms with van der Waals surface area (Å²) in [5, 5.41) is 7.50. The first kappa shape index (κ1) is 12.9. The Kier molecular flexibility index (Phi) is 3.54. The maximum atomic E-state index is 4.70. The van der Waals surface area contributed by atoms with Crippen molar-refractivity contribution in [2.24, 2.45) is 7.05 Å². The molecule has 0 aromatic carbocycles. The second kappa shape index (κ2) is 5.48. The average molecular weight is 272 g/mol. The third kappa shape index (κ3) is 2.59. The van der Waals surface area contributed by atoms with E-state index in [-0.39, 0.29) is 0 Å². The van der Waals surface area contributed by atoms with Gasteiger partial charge in [0.15, 0.2) is 0 Å². The first-order valence-electron chi connectivity index (χ1n) is 7.13. The van der Waals surface area contributed by atoms with Gasteiger partial charge >= 0.3 is 0 Å². The molecule has 106 valence electrons. The Balaban J connectivity index is 1.99. The highest BCUT2D eigenvalue weighted by Crippen LogP contribution is 2.24. The molecule has 0 spiro atoms. The molecule has 2 aromatic rings. The summed E-state index contributed by atoms with van der Waals surface area (Å²) in [6.45, 7) is 5.01. The van der Waals surface area contributed by atoms with Crippen molar-refractivity contribution in [1.82, 2.24) is 19.7 Å². The lowest BCUT2D eigenvalue weighted by molar-refractivity contribution is 0.768. The zero-order valence-corrected chi connectivity index (χ0v) is 12.0. The predicted molar refractivity (Wildman–Crippen MR) is 79.8 cm³/mol. The van der Waals surface area contributed by atoms with Crippen LogP contribution in [0.4, 0.5) is 11.8 Å². The Labute approximate surface area is 118 Å². The standard InChI is InChI=1S/C14H20N6/c1-3-15-13-8-12(11-9-16-19(2)10-11)17-14(18-13)20-6-4-5-7-20/h8-10H,3-7H2,1-2H3,(H,15,17,18). The molecule has 3 heterocycles. The zero-order valence-electron chi connectivity index (χ0n) is 12.0. The van der Waals surface area contributed by atoms with Gasteiger partial charge in [0, 0.05) is 44.5 Å². The normalized spacial score (nSPS) is 14.8. The summed E-state index contributed by atoms with van der Waals surface area (Å²) >= 11 is 0. The number of nitrogens with zero attached hydrogens (tertiary/aromatic N) is 5. The molecule has 1 saturated heterocycles. The number of aromatic nitrogens is 4. The van der Waals surface area contributed by atoms with Gasteiger partial charge in [-0.25, -0.2) is 4.98 Å². The van der Waals surface area contributed by atoms with Gasteiger partial charge in [-0.1, -0.05) is 0 Å². The molecule has 3 rings (SSSR count). The van der Waals surface area contributed by atoms with Crippen LogP contribution in [0, 0.1) is 0 Å². The molecule has 2 aromatic heterocycles. The molecule has 1 fully saturated rings. The Morgan fingerprint density at radius 3 is 2.70 bits per heavy atom. The molecule has 1 aliphatic heterocycles. The van der Waals surface area contributed by atoms with Gasteiger partial charge in [-0.15, -0.1) is 0 Å². The molecular weight excluding hydrogens is 252 g/mol. The maximum absolute atomic E-state index is 4.70. The summed E-state index contributed by atoms with van der Waals surface area (Å²) in [7, 11) is 1.91. The molecule has 0 amide bonds. The van der Waals surface area contributed by atoms with Crippen LogP contribution in [0.25, 0.3) is 11.3 Å². The van der Waals surface area contributed by atoms with Crippen LogP contribution in [-0.4, -0.2) is 39.4 Å². The van der Waals surface area contributed by atoms with E-state index < -0.39 is 0 Å². The molecule has 1 aliphatic rings. The van der Waals surface area contributed by atoms with Gasteiger partial charge in [0.2, 0.25) is 5.95 Å². The van der Waals surface area contributed by atoms with Crippen LogP contribution in [0.15, 0.2) is 18.5 Å². The van der Waals surface area contributed by atoms with Crippen LogP contribution in [0.3, 0.4) is 0 Å². The first-order chi connectivity index (χ1) is 9.76. The summed E-state index contributed by atoms with van der Waals surface area (Å²) in [6, 6.07) is 1.99. The number of rotatable bonds is 4. The fourth-order valence-corrected chi connectivity index (χ4v) is 2.47. The van der Waals surface area contributed by atoms with Crippen molar-refractivity contribution in [1.29, 1.82) is 0 Å². The topological polar surface area (TPSA) is 58.9 Å². The van der Waals surface area contributed by atoms with E-state index in [1.54, 1.807) is 4.68 Å². The second-order valence-electron chi connectivity index (χ2n) is 5.07. The predicted octanol–water partition coefficient (Wildman–Crippen LogP) is 1.91. The molecule has 0 unspecified atom stereocenters. The van der Waals surface area contributed by atoms with Gasteiger partial charge < -0.3 is 10.2 Å². The van der Waals surface area contributed by atoms with Crippen molar-refractivity contribution < 1.29 is 0 Å². The molecule has 6 nitrogen and oxygen atoms in total. The van der Waals surface area contributed by atoms with Crippen LogP contribution < -0.4 is 10.2 Å². The molecule has 6 heteroatoms. The highest BCUT2D eigenvalue weighted by molar-refractivity contribution is 5.63. The van der Waals surface area contributed by atoms with Crippen LogP contribution >= 0.6 is 0 Å². The van der Waals surface area contributed by atoms with Crippen molar-refractivity contribution in [3.05, 3.63) is 18.5 Å². The summed E-state index contributed by atoms with van der Waals surface area (Å²) in [6.07, 6.45) is 6.26. The quantitative estimate of drug-likeness (QED) is 0.921. The van der Waals surface area contributed by atoms with Crippen molar-refractivity contribution in [3.8, 4) is 11.3 Å². The van der Waals surface area contributed by atoms with Gasteiger partial charge in [-0.05, 0) is 19.8 Å². The number of nitrogens with one attached hydrogen (secondary N) is 1. The minimum atomic E-state index is 0.819. The fraction of sp³-hybridized carbons (Fsp3) is 0.500. The van der Waals surface area contributed by atoms with Gasteiger partial charge in [0.25, 0.3) is 0 Å². The summed E-state index contributed by atoms with van der Waals surface area (Å²) in [4.78, 5) is 11.6. The van der Waals surface area contributed by atoms with Gasteiger partial charge in [-0.2, -0.15) is 10.1 Å².